The first kappa shape index (κ1) is 28.2. The molecule has 0 fully saturated rings. The zero-order chi connectivity index (χ0) is 29.3. The number of thiazole rings is 1. The summed E-state index contributed by atoms with van der Waals surface area (Å²) < 4.78 is 20.9. The van der Waals surface area contributed by atoms with Crippen molar-refractivity contribution in [1.82, 2.24) is 9.13 Å². The molecule has 1 aliphatic heterocycles. The second-order valence-electron chi connectivity index (χ2n) is 9.75. The maximum Gasteiger partial charge on any atom is 0.337 e. The molecule has 4 aromatic rings. The number of benzene rings is 2. The van der Waals surface area contributed by atoms with Crippen LogP contribution in [0.4, 0.5) is 0 Å². The van der Waals surface area contributed by atoms with Crippen LogP contribution in [0.25, 0.3) is 11.8 Å². The van der Waals surface area contributed by atoms with Gasteiger partial charge in [-0.2, -0.15) is 0 Å². The van der Waals surface area contributed by atoms with Crippen LogP contribution in [0.3, 0.4) is 0 Å². The second-order valence-corrected chi connectivity index (χ2v) is 10.8. The number of esters is 1. The summed E-state index contributed by atoms with van der Waals surface area (Å²) in [6, 6.07) is 15.1. The largest absolute Gasteiger partial charge is 0.490 e. The number of aryl methyl sites for hydroxylation is 2. The van der Waals surface area contributed by atoms with Crippen molar-refractivity contribution in [3.05, 3.63) is 108 Å². The molecular weight excluding hydrogens is 538 g/mol. The first-order valence-electron chi connectivity index (χ1n) is 13.5. The van der Waals surface area contributed by atoms with Crippen molar-refractivity contribution in [2.24, 2.45) is 4.99 Å². The first-order valence-corrected chi connectivity index (χ1v) is 14.3. The van der Waals surface area contributed by atoms with E-state index >= 15 is 0 Å². The summed E-state index contributed by atoms with van der Waals surface area (Å²) in [5.74, 6) is 0.582. The molecule has 0 N–H and O–H groups in total. The number of carbonyl (C=O) groups is 1. The van der Waals surface area contributed by atoms with Crippen molar-refractivity contribution in [2.75, 3.05) is 20.3 Å². The van der Waals surface area contributed by atoms with Gasteiger partial charge in [-0.25, -0.2) is 9.79 Å². The Labute approximate surface area is 242 Å². The third-order valence-electron chi connectivity index (χ3n) is 7.06. The molecule has 0 spiro atoms. The molecule has 212 valence electrons. The van der Waals surface area contributed by atoms with Gasteiger partial charge in [-0.1, -0.05) is 35.1 Å². The number of aromatic nitrogens is 2. The molecule has 0 amide bonds. The molecule has 2 aromatic heterocycles. The smallest absolute Gasteiger partial charge is 0.337 e. The van der Waals surface area contributed by atoms with Crippen LogP contribution in [0.2, 0.25) is 0 Å². The average molecular weight is 572 g/mol. The highest BCUT2D eigenvalue weighted by Gasteiger charge is 2.31. The van der Waals surface area contributed by atoms with Gasteiger partial charge in [-0.15, -0.1) is 0 Å². The Morgan fingerprint density at radius 3 is 2.39 bits per heavy atom. The third-order valence-corrected chi connectivity index (χ3v) is 8.05. The van der Waals surface area contributed by atoms with E-state index in [9.17, 15) is 9.59 Å². The molecule has 0 saturated carbocycles. The molecule has 3 heterocycles. The van der Waals surface area contributed by atoms with Crippen LogP contribution in [-0.2, 0) is 9.53 Å². The van der Waals surface area contributed by atoms with Gasteiger partial charge in [0.05, 0.1) is 36.5 Å². The summed E-state index contributed by atoms with van der Waals surface area (Å²) in [6.07, 6.45) is 3.39. The Hall–Kier alpha value is -4.37. The van der Waals surface area contributed by atoms with Gasteiger partial charge in [0, 0.05) is 23.3 Å². The highest BCUT2D eigenvalue weighted by molar-refractivity contribution is 7.07. The number of nitrogens with zero attached hydrogens (tertiary/aromatic N) is 3. The number of rotatable bonds is 8. The monoisotopic (exact) mass is 571 g/mol. The van der Waals surface area contributed by atoms with E-state index in [2.05, 4.69) is 53.7 Å². The number of hydrogen-bond acceptors (Lipinski definition) is 7. The van der Waals surface area contributed by atoms with Crippen LogP contribution in [-0.4, -0.2) is 35.4 Å². The summed E-state index contributed by atoms with van der Waals surface area (Å²) >= 11 is 1.29. The van der Waals surface area contributed by atoms with Crippen molar-refractivity contribution in [2.45, 2.75) is 40.7 Å². The van der Waals surface area contributed by atoms with E-state index in [0.717, 1.165) is 22.6 Å². The minimum atomic E-state index is -0.740. The molecule has 5 rings (SSSR count). The summed E-state index contributed by atoms with van der Waals surface area (Å²) in [4.78, 5) is 31.8. The van der Waals surface area contributed by atoms with Crippen molar-refractivity contribution >= 4 is 23.4 Å². The standard InChI is InChI=1S/C32H33N3O5S/c1-7-39-26-14-11-22(16-27(26)40-8-2)29-25(31(37)38-6)18-33-32-35(29)30(36)28(41-32)17-23-15-20(4)34(21(23)5)24-12-9-19(3)10-13-24/h9-18,29H,7-8H2,1-6H3/b28-17+/t29-/m0/s1. The molecule has 0 saturated heterocycles. The van der Waals surface area contributed by atoms with Crippen LogP contribution in [0, 0.1) is 20.8 Å². The van der Waals surface area contributed by atoms with E-state index in [4.69, 9.17) is 14.2 Å². The lowest BCUT2D eigenvalue weighted by atomic mass is 9.97. The number of methoxy groups -OCH3 is 1. The molecule has 9 heteroatoms. The lowest BCUT2D eigenvalue weighted by Crippen LogP contribution is -2.39. The minimum Gasteiger partial charge on any atom is -0.490 e. The van der Waals surface area contributed by atoms with Gasteiger partial charge in [0.15, 0.2) is 16.3 Å². The molecule has 1 aliphatic rings. The number of carbonyl (C=O) groups excluding carboxylic acids is 1. The van der Waals surface area contributed by atoms with E-state index in [-0.39, 0.29) is 11.1 Å². The van der Waals surface area contributed by atoms with E-state index in [0.29, 0.717) is 39.6 Å². The zero-order valence-corrected chi connectivity index (χ0v) is 24.9. The Kier molecular flexibility index (Phi) is 7.99. The van der Waals surface area contributed by atoms with Gasteiger partial charge in [-0.05, 0) is 82.2 Å². The fourth-order valence-electron chi connectivity index (χ4n) is 5.15. The molecule has 8 nitrogen and oxygen atoms in total. The van der Waals surface area contributed by atoms with Crippen LogP contribution in [0.15, 0.2) is 70.1 Å². The van der Waals surface area contributed by atoms with Crippen molar-refractivity contribution in [3.63, 3.8) is 0 Å². The van der Waals surface area contributed by atoms with Gasteiger partial charge in [0.25, 0.3) is 5.56 Å². The van der Waals surface area contributed by atoms with Crippen LogP contribution >= 0.6 is 11.3 Å². The Balaban J connectivity index is 1.66. The summed E-state index contributed by atoms with van der Waals surface area (Å²) in [5.41, 5.74) is 6.00. The Morgan fingerprint density at radius 1 is 1.00 bits per heavy atom. The molecule has 0 unspecified atom stereocenters. The van der Waals surface area contributed by atoms with Crippen molar-refractivity contribution in [1.29, 1.82) is 0 Å². The van der Waals surface area contributed by atoms with E-state index in [1.807, 2.05) is 39.0 Å². The SMILES string of the molecule is CCOc1ccc([C@H]2C(C(=O)OC)=CN=c3s/c(=C/c4cc(C)n(-c5ccc(C)cc5)c4C)c(=O)n32)cc1OCC. The summed E-state index contributed by atoms with van der Waals surface area (Å²) in [6.45, 7) is 10.9. The Morgan fingerprint density at radius 2 is 1.71 bits per heavy atom. The number of ether oxygens (including phenoxy) is 3. The molecule has 1 atom stereocenters. The molecule has 0 aliphatic carbocycles. The third kappa shape index (κ3) is 5.25. The van der Waals surface area contributed by atoms with Crippen molar-refractivity contribution < 1.29 is 19.0 Å². The highest BCUT2D eigenvalue weighted by atomic mass is 32.1. The summed E-state index contributed by atoms with van der Waals surface area (Å²) in [5, 5.41) is 0. The molecule has 2 aromatic carbocycles. The predicted octanol–water partition coefficient (Wildman–Crippen LogP) is 4.53. The molecule has 0 bridgehead atoms. The fraction of sp³-hybridized carbons (Fsp3) is 0.281. The molecular formula is C32H33N3O5S. The van der Waals surface area contributed by atoms with Gasteiger partial charge >= 0.3 is 5.97 Å². The maximum atomic E-state index is 14.0. The van der Waals surface area contributed by atoms with E-state index < -0.39 is 12.0 Å². The van der Waals surface area contributed by atoms with Crippen LogP contribution in [0.5, 0.6) is 11.5 Å². The van der Waals surface area contributed by atoms with Gasteiger partial charge in [0.2, 0.25) is 0 Å². The van der Waals surface area contributed by atoms with Crippen LogP contribution in [0.1, 0.15) is 48.0 Å². The van der Waals surface area contributed by atoms with Gasteiger partial charge < -0.3 is 18.8 Å². The Bertz CT molecular complexity index is 1830. The summed E-state index contributed by atoms with van der Waals surface area (Å²) in [7, 11) is 1.32. The van der Waals surface area contributed by atoms with Crippen molar-refractivity contribution in [3.8, 4) is 17.2 Å². The number of fused-ring (bicyclic) bond motifs is 1. The van der Waals surface area contributed by atoms with E-state index in [1.54, 1.807) is 10.6 Å². The van der Waals surface area contributed by atoms with E-state index in [1.165, 1.54) is 30.2 Å². The normalized spacial score (nSPS) is 14.7. The number of hydrogen-bond donors (Lipinski definition) is 0. The van der Waals surface area contributed by atoms with Crippen LogP contribution < -0.4 is 24.4 Å². The highest BCUT2D eigenvalue weighted by Crippen LogP contribution is 2.35. The topological polar surface area (TPSA) is 84.0 Å². The average Bonchev–Trinajstić information content (AvgIpc) is 3.43. The lowest BCUT2D eigenvalue weighted by molar-refractivity contribution is -0.136. The predicted molar refractivity (Wildman–Crippen MR) is 160 cm³/mol. The fourth-order valence-corrected chi connectivity index (χ4v) is 6.11. The molecule has 41 heavy (non-hydrogen) atoms. The maximum absolute atomic E-state index is 14.0. The van der Waals surface area contributed by atoms with Gasteiger partial charge in [-0.3, -0.25) is 9.36 Å². The minimum absolute atomic E-state index is 0.236. The zero-order valence-electron chi connectivity index (χ0n) is 24.1. The second kappa shape index (κ2) is 11.6. The van der Waals surface area contributed by atoms with Gasteiger partial charge in [0.1, 0.15) is 0 Å². The quantitative estimate of drug-likeness (QED) is 0.290. The first-order chi connectivity index (χ1) is 19.8. The molecule has 0 radical (unpaired) electrons. The lowest BCUT2D eigenvalue weighted by Gasteiger charge is -2.23.